The Hall–Kier alpha value is -0.680. The third-order valence-corrected chi connectivity index (χ3v) is 6.32. The van der Waals surface area contributed by atoms with E-state index in [4.69, 9.17) is 4.99 Å². The maximum atomic E-state index is 5.01. The first kappa shape index (κ1) is 23.6. The van der Waals surface area contributed by atoms with Crippen molar-refractivity contribution in [3.8, 4) is 0 Å². The van der Waals surface area contributed by atoms with Gasteiger partial charge in [0.1, 0.15) is 5.82 Å². The molecule has 1 atom stereocenters. The molecule has 7 nitrogen and oxygen atoms in total. The second-order valence-electron chi connectivity index (χ2n) is 7.42. The summed E-state index contributed by atoms with van der Waals surface area (Å²) in [5, 5.41) is 4.57. The lowest BCUT2D eigenvalue weighted by Gasteiger charge is -2.36. The van der Waals surface area contributed by atoms with Crippen molar-refractivity contribution < 1.29 is 0 Å². The second kappa shape index (κ2) is 12.1. The van der Waals surface area contributed by atoms with Gasteiger partial charge in [0.15, 0.2) is 5.96 Å². The number of anilines is 1. The van der Waals surface area contributed by atoms with Crippen molar-refractivity contribution >= 4 is 46.6 Å². The van der Waals surface area contributed by atoms with Crippen molar-refractivity contribution in [1.82, 2.24) is 24.5 Å². The van der Waals surface area contributed by atoms with E-state index in [-0.39, 0.29) is 24.0 Å². The van der Waals surface area contributed by atoms with Gasteiger partial charge in [-0.3, -0.25) is 4.99 Å². The summed E-state index contributed by atoms with van der Waals surface area (Å²) < 4.78 is 4.42. The minimum absolute atomic E-state index is 0. The molecule has 28 heavy (non-hydrogen) atoms. The number of piperazine rings is 1. The number of hydrogen-bond acceptors (Lipinski definition) is 6. The molecule has 0 amide bonds. The van der Waals surface area contributed by atoms with Crippen LogP contribution in [-0.4, -0.2) is 84.0 Å². The number of guanidine groups is 1. The molecule has 2 saturated heterocycles. The van der Waals surface area contributed by atoms with Crippen molar-refractivity contribution in [3.05, 3.63) is 5.82 Å². The van der Waals surface area contributed by atoms with Crippen molar-refractivity contribution in [2.45, 2.75) is 40.0 Å². The highest BCUT2D eigenvalue weighted by molar-refractivity contribution is 14.0. The molecule has 3 heterocycles. The Labute approximate surface area is 191 Å². The molecule has 0 bridgehead atoms. The van der Waals surface area contributed by atoms with Crippen LogP contribution in [0.2, 0.25) is 0 Å². The van der Waals surface area contributed by atoms with Gasteiger partial charge in [-0.2, -0.15) is 4.37 Å². The molecule has 2 aliphatic rings. The monoisotopic (exact) mass is 521 g/mol. The largest absolute Gasteiger partial charge is 0.357 e. The van der Waals surface area contributed by atoms with Crippen LogP contribution >= 0.6 is 35.5 Å². The Balaban J connectivity index is 0.00000280. The van der Waals surface area contributed by atoms with Gasteiger partial charge in [-0.05, 0) is 38.8 Å². The summed E-state index contributed by atoms with van der Waals surface area (Å²) in [5.74, 6) is 2.74. The van der Waals surface area contributed by atoms with Gasteiger partial charge in [0, 0.05) is 63.8 Å². The van der Waals surface area contributed by atoms with Crippen LogP contribution in [0.5, 0.6) is 0 Å². The molecule has 3 rings (SSSR count). The maximum Gasteiger partial charge on any atom is 0.205 e. The predicted molar refractivity (Wildman–Crippen MR) is 129 cm³/mol. The molecule has 2 aliphatic heterocycles. The van der Waals surface area contributed by atoms with E-state index in [0.717, 1.165) is 69.1 Å². The fourth-order valence-corrected chi connectivity index (χ4v) is 4.66. The lowest BCUT2D eigenvalue weighted by Crippen LogP contribution is -2.52. The standard InChI is InChI=1S/C19H35N7S.HI/c1-4-17-22-19(27-23-17)26-12-10-25(11-13-26)18(20-5-2)21-14-16-8-7-9-24(6-3)15-16;/h16H,4-15H2,1-3H3,(H,20,21);1H. The first-order valence-electron chi connectivity index (χ1n) is 10.6. The summed E-state index contributed by atoms with van der Waals surface area (Å²) in [7, 11) is 0. The lowest BCUT2D eigenvalue weighted by atomic mass is 9.98. The molecule has 1 aromatic heterocycles. The topological polar surface area (TPSA) is 59.9 Å². The molecule has 0 saturated carbocycles. The van der Waals surface area contributed by atoms with Crippen LogP contribution in [0.15, 0.2) is 4.99 Å². The zero-order chi connectivity index (χ0) is 19.1. The average Bonchev–Trinajstić information content (AvgIpc) is 3.21. The van der Waals surface area contributed by atoms with Gasteiger partial charge in [-0.15, -0.1) is 24.0 Å². The maximum absolute atomic E-state index is 5.01. The summed E-state index contributed by atoms with van der Waals surface area (Å²) in [6.07, 6.45) is 3.53. The van der Waals surface area contributed by atoms with E-state index in [1.165, 1.54) is 37.5 Å². The van der Waals surface area contributed by atoms with Crippen molar-refractivity contribution in [3.63, 3.8) is 0 Å². The van der Waals surface area contributed by atoms with Crippen LogP contribution in [0, 0.1) is 5.92 Å². The van der Waals surface area contributed by atoms with Gasteiger partial charge in [0.2, 0.25) is 5.13 Å². The molecule has 1 N–H and O–H groups in total. The highest BCUT2D eigenvalue weighted by Gasteiger charge is 2.23. The minimum atomic E-state index is 0. The number of aryl methyl sites for hydroxylation is 1. The minimum Gasteiger partial charge on any atom is -0.357 e. The van der Waals surface area contributed by atoms with Crippen molar-refractivity contribution in [2.24, 2.45) is 10.9 Å². The zero-order valence-electron chi connectivity index (χ0n) is 17.6. The van der Waals surface area contributed by atoms with Gasteiger partial charge >= 0.3 is 0 Å². The quantitative estimate of drug-likeness (QED) is 0.353. The van der Waals surface area contributed by atoms with Gasteiger partial charge in [0.05, 0.1) is 0 Å². The number of nitrogens with zero attached hydrogens (tertiary/aromatic N) is 6. The molecule has 1 aromatic rings. The highest BCUT2D eigenvalue weighted by atomic mass is 127. The Morgan fingerprint density at radius 3 is 2.61 bits per heavy atom. The fourth-order valence-electron chi connectivity index (χ4n) is 3.86. The summed E-state index contributed by atoms with van der Waals surface area (Å²) in [6, 6.07) is 0. The molecule has 160 valence electrons. The van der Waals surface area contributed by atoms with E-state index in [2.05, 4.69) is 50.1 Å². The van der Waals surface area contributed by atoms with Crippen LogP contribution in [0.25, 0.3) is 0 Å². The number of nitrogens with one attached hydrogen (secondary N) is 1. The molecule has 1 unspecified atom stereocenters. The number of aromatic nitrogens is 2. The lowest BCUT2D eigenvalue weighted by molar-refractivity contribution is 0.186. The molecule has 0 aromatic carbocycles. The number of piperidine rings is 1. The summed E-state index contributed by atoms with van der Waals surface area (Å²) in [5.41, 5.74) is 0. The van der Waals surface area contributed by atoms with Gasteiger partial charge in [0.25, 0.3) is 0 Å². The summed E-state index contributed by atoms with van der Waals surface area (Å²) in [4.78, 5) is 17.0. The van der Waals surface area contributed by atoms with Crippen LogP contribution in [0.3, 0.4) is 0 Å². The molecule has 9 heteroatoms. The first-order valence-corrected chi connectivity index (χ1v) is 11.3. The number of aliphatic imine (C=N–C) groups is 1. The van der Waals surface area contributed by atoms with E-state index in [0.29, 0.717) is 5.92 Å². The van der Waals surface area contributed by atoms with Crippen LogP contribution in [0.1, 0.15) is 39.4 Å². The smallest absolute Gasteiger partial charge is 0.205 e. The summed E-state index contributed by atoms with van der Waals surface area (Å²) in [6.45, 7) is 15.9. The fraction of sp³-hybridized carbons (Fsp3) is 0.842. The Kier molecular flexibility index (Phi) is 10.2. The average molecular weight is 522 g/mol. The van der Waals surface area contributed by atoms with Gasteiger partial charge in [-0.1, -0.05) is 13.8 Å². The van der Waals surface area contributed by atoms with Gasteiger partial charge < -0.3 is 20.0 Å². The van der Waals surface area contributed by atoms with Crippen LogP contribution < -0.4 is 10.2 Å². The third kappa shape index (κ3) is 6.41. The SMILES string of the molecule is CCNC(=NCC1CCCN(CC)C1)N1CCN(c2nc(CC)ns2)CC1.I. The second-order valence-corrected chi connectivity index (χ2v) is 8.15. The summed E-state index contributed by atoms with van der Waals surface area (Å²) >= 11 is 1.53. The van der Waals surface area contributed by atoms with Crippen LogP contribution in [0.4, 0.5) is 5.13 Å². The number of likely N-dealkylation sites (tertiary alicyclic amines) is 1. The molecule has 0 radical (unpaired) electrons. The van der Waals surface area contributed by atoms with Crippen LogP contribution in [-0.2, 0) is 6.42 Å². The number of rotatable bonds is 6. The van der Waals surface area contributed by atoms with Gasteiger partial charge in [-0.25, -0.2) is 4.98 Å². The van der Waals surface area contributed by atoms with E-state index in [9.17, 15) is 0 Å². The first-order chi connectivity index (χ1) is 13.2. The highest BCUT2D eigenvalue weighted by Crippen LogP contribution is 2.20. The number of halogens is 1. The van der Waals surface area contributed by atoms with E-state index >= 15 is 0 Å². The zero-order valence-corrected chi connectivity index (χ0v) is 20.7. The molecule has 0 aliphatic carbocycles. The Bertz CT molecular complexity index is 601. The molecular formula is C19H36IN7S. The molecule has 0 spiro atoms. The van der Waals surface area contributed by atoms with E-state index < -0.39 is 0 Å². The normalized spacial score (nSPS) is 21.5. The van der Waals surface area contributed by atoms with E-state index in [1.807, 2.05) is 0 Å². The predicted octanol–water partition coefficient (Wildman–Crippen LogP) is 2.54. The molecular weight excluding hydrogens is 485 g/mol. The third-order valence-electron chi connectivity index (χ3n) is 5.51. The number of hydrogen-bond donors (Lipinski definition) is 1. The van der Waals surface area contributed by atoms with Crippen molar-refractivity contribution in [2.75, 3.05) is 63.8 Å². The van der Waals surface area contributed by atoms with Crippen molar-refractivity contribution in [1.29, 1.82) is 0 Å². The van der Waals surface area contributed by atoms with E-state index in [1.54, 1.807) is 0 Å². The molecule has 2 fully saturated rings. The Morgan fingerprint density at radius 1 is 1.18 bits per heavy atom. The Morgan fingerprint density at radius 2 is 1.96 bits per heavy atom.